The lowest BCUT2D eigenvalue weighted by molar-refractivity contribution is -0.143. The maximum Gasteiger partial charge on any atom is 0.306 e. The van der Waals surface area contributed by atoms with E-state index in [1.54, 1.807) is 0 Å². The Morgan fingerprint density at radius 3 is 2.41 bits per heavy atom. The summed E-state index contributed by atoms with van der Waals surface area (Å²) in [7, 11) is 0. The third kappa shape index (κ3) is 2.72. The van der Waals surface area contributed by atoms with Crippen molar-refractivity contribution in [1.29, 1.82) is 0 Å². The molecule has 0 bridgehead atoms. The molecule has 1 aliphatic heterocycles. The first kappa shape index (κ1) is 11.8. The minimum Gasteiger partial charge on any atom is -0.481 e. The van der Waals surface area contributed by atoms with Gasteiger partial charge in [0.25, 0.3) is 11.8 Å². The standard InChI is InChI=1S/C12H15NO4/c14-10-6-9(11(15)13-10)5-7-1-3-8(4-2-7)12(16)17/h6-8H,1-5H2,(H,16,17)(H,13,14,15). The summed E-state index contributed by atoms with van der Waals surface area (Å²) in [4.78, 5) is 33.1. The fourth-order valence-electron chi connectivity index (χ4n) is 2.53. The molecule has 5 nitrogen and oxygen atoms in total. The van der Waals surface area contributed by atoms with Gasteiger partial charge in [-0.2, -0.15) is 0 Å². The van der Waals surface area contributed by atoms with Crippen molar-refractivity contribution >= 4 is 17.8 Å². The Labute approximate surface area is 98.9 Å². The highest BCUT2D eigenvalue weighted by molar-refractivity contribution is 6.16. The average Bonchev–Trinajstić information content (AvgIpc) is 2.58. The van der Waals surface area contributed by atoms with Crippen LogP contribution in [0.1, 0.15) is 32.1 Å². The van der Waals surface area contributed by atoms with Gasteiger partial charge in [0, 0.05) is 11.6 Å². The molecule has 5 heteroatoms. The Morgan fingerprint density at radius 2 is 1.94 bits per heavy atom. The van der Waals surface area contributed by atoms with Crippen molar-refractivity contribution < 1.29 is 19.5 Å². The van der Waals surface area contributed by atoms with Gasteiger partial charge in [-0.05, 0) is 38.0 Å². The van der Waals surface area contributed by atoms with E-state index in [0.29, 0.717) is 30.8 Å². The van der Waals surface area contributed by atoms with Crippen molar-refractivity contribution in [3.8, 4) is 0 Å². The quantitative estimate of drug-likeness (QED) is 0.713. The van der Waals surface area contributed by atoms with Crippen LogP contribution >= 0.6 is 0 Å². The van der Waals surface area contributed by atoms with Crippen molar-refractivity contribution in [1.82, 2.24) is 5.32 Å². The highest BCUT2D eigenvalue weighted by Crippen LogP contribution is 2.33. The van der Waals surface area contributed by atoms with Crippen LogP contribution < -0.4 is 5.32 Å². The van der Waals surface area contributed by atoms with Gasteiger partial charge in [0.2, 0.25) is 0 Å². The summed E-state index contributed by atoms with van der Waals surface area (Å²) in [6.45, 7) is 0. The molecule has 17 heavy (non-hydrogen) atoms. The lowest BCUT2D eigenvalue weighted by Crippen LogP contribution is -2.24. The Kier molecular flexibility index (Phi) is 3.26. The summed E-state index contributed by atoms with van der Waals surface area (Å²) in [5, 5.41) is 11.1. The summed E-state index contributed by atoms with van der Waals surface area (Å²) in [6, 6.07) is 0. The first-order chi connectivity index (χ1) is 8.06. The van der Waals surface area contributed by atoms with Crippen LogP contribution in [0, 0.1) is 11.8 Å². The molecule has 0 saturated heterocycles. The molecule has 2 N–H and O–H groups in total. The fraction of sp³-hybridized carbons (Fsp3) is 0.583. The molecule has 2 amide bonds. The van der Waals surface area contributed by atoms with Crippen LogP contribution in [-0.4, -0.2) is 22.9 Å². The molecular weight excluding hydrogens is 222 g/mol. The van der Waals surface area contributed by atoms with E-state index in [-0.39, 0.29) is 17.7 Å². The third-order valence-corrected chi connectivity index (χ3v) is 3.54. The number of aliphatic carboxylic acids is 1. The van der Waals surface area contributed by atoms with E-state index >= 15 is 0 Å². The van der Waals surface area contributed by atoms with Crippen molar-refractivity contribution in [2.45, 2.75) is 32.1 Å². The van der Waals surface area contributed by atoms with Crippen LogP contribution in [-0.2, 0) is 14.4 Å². The van der Waals surface area contributed by atoms with Gasteiger partial charge < -0.3 is 5.11 Å². The smallest absolute Gasteiger partial charge is 0.306 e. The summed E-state index contributed by atoms with van der Waals surface area (Å²) in [5.74, 6) is -1.27. The second kappa shape index (κ2) is 4.69. The molecule has 0 unspecified atom stereocenters. The Balaban J connectivity index is 1.86. The van der Waals surface area contributed by atoms with E-state index in [2.05, 4.69) is 5.32 Å². The first-order valence-corrected chi connectivity index (χ1v) is 5.85. The van der Waals surface area contributed by atoms with Gasteiger partial charge in [-0.1, -0.05) is 0 Å². The predicted octanol–water partition coefficient (Wildman–Crippen LogP) is 0.850. The SMILES string of the molecule is O=C1C=C(CC2CCC(C(=O)O)CC2)C(=O)N1. The van der Waals surface area contributed by atoms with E-state index in [4.69, 9.17) is 5.11 Å². The first-order valence-electron chi connectivity index (χ1n) is 5.85. The molecule has 2 aliphatic rings. The van der Waals surface area contributed by atoms with Gasteiger partial charge in [0.15, 0.2) is 0 Å². The highest BCUT2D eigenvalue weighted by Gasteiger charge is 2.29. The number of carbonyl (C=O) groups is 3. The average molecular weight is 237 g/mol. The van der Waals surface area contributed by atoms with Crippen LogP contribution in [0.3, 0.4) is 0 Å². The van der Waals surface area contributed by atoms with E-state index in [0.717, 1.165) is 12.8 Å². The number of carboxylic acid groups (broad SMARTS) is 1. The molecule has 0 radical (unpaired) electrons. The molecule has 1 aliphatic carbocycles. The second-order valence-electron chi connectivity index (χ2n) is 4.75. The lowest BCUT2D eigenvalue weighted by Gasteiger charge is -2.25. The molecule has 1 saturated carbocycles. The fourth-order valence-corrected chi connectivity index (χ4v) is 2.53. The zero-order valence-electron chi connectivity index (χ0n) is 9.44. The van der Waals surface area contributed by atoms with Crippen LogP contribution in [0.15, 0.2) is 11.6 Å². The number of nitrogens with one attached hydrogen (secondary N) is 1. The summed E-state index contributed by atoms with van der Waals surface area (Å²) < 4.78 is 0. The number of amides is 2. The van der Waals surface area contributed by atoms with Gasteiger partial charge >= 0.3 is 5.97 Å². The van der Waals surface area contributed by atoms with E-state index < -0.39 is 5.97 Å². The molecule has 0 aromatic heterocycles. The molecule has 0 spiro atoms. The molecular formula is C12H15NO4. The molecule has 92 valence electrons. The van der Waals surface area contributed by atoms with Gasteiger partial charge in [-0.3, -0.25) is 19.7 Å². The zero-order valence-corrected chi connectivity index (χ0v) is 9.44. The van der Waals surface area contributed by atoms with Gasteiger partial charge in [-0.15, -0.1) is 0 Å². The van der Waals surface area contributed by atoms with Crippen LogP contribution in [0.5, 0.6) is 0 Å². The monoisotopic (exact) mass is 237 g/mol. The number of carboxylic acids is 1. The Bertz CT molecular complexity index is 391. The van der Waals surface area contributed by atoms with Gasteiger partial charge in [0.05, 0.1) is 5.92 Å². The minimum absolute atomic E-state index is 0.237. The number of carbonyl (C=O) groups excluding carboxylic acids is 2. The molecule has 0 aromatic carbocycles. The minimum atomic E-state index is -0.726. The number of rotatable bonds is 3. The third-order valence-electron chi connectivity index (χ3n) is 3.54. The van der Waals surface area contributed by atoms with Gasteiger partial charge in [-0.25, -0.2) is 0 Å². The maximum absolute atomic E-state index is 11.3. The molecule has 0 aromatic rings. The topological polar surface area (TPSA) is 83.5 Å². The van der Waals surface area contributed by atoms with Crippen LogP contribution in [0.4, 0.5) is 0 Å². The Morgan fingerprint density at radius 1 is 1.29 bits per heavy atom. The van der Waals surface area contributed by atoms with Gasteiger partial charge in [0.1, 0.15) is 0 Å². The summed E-state index contributed by atoms with van der Waals surface area (Å²) in [5.41, 5.74) is 0.536. The van der Waals surface area contributed by atoms with Crippen molar-refractivity contribution in [3.05, 3.63) is 11.6 Å². The number of imide groups is 1. The molecule has 1 fully saturated rings. The largest absolute Gasteiger partial charge is 0.481 e. The van der Waals surface area contributed by atoms with E-state index in [9.17, 15) is 14.4 Å². The highest BCUT2D eigenvalue weighted by atomic mass is 16.4. The summed E-state index contributed by atoms with van der Waals surface area (Å²) >= 11 is 0. The maximum atomic E-state index is 11.3. The van der Waals surface area contributed by atoms with E-state index in [1.165, 1.54) is 6.08 Å². The molecule has 1 heterocycles. The van der Waals surface area contributed by atoms with E-state index in [1.807, 2.05) is 0 Å². The molecule has 2 rings (SSSR count). The number of hydrogen-bond donors (Lipinski definition) is 2. The number of hydrogen-bond acceptors (Lipinski definition) is 3. The van der Waals surface area contributed by atoms with Crippen LogP contribution in [0.25, 0.3) is 0 Å². The van der Waals surface area contributed by atoms with Crippen molar-refractivity contribution in [3.63, 3.8) is 0 Å². The molecule has 0 atom stereocenters. The Hall–Kier alpha value is -1.65. The lowest BCUT2D eigenvalue weighted by atomic mass is 9.79. The zero-order chi connectivity index (χ0) is 12.4. The van der Waals surface area contributed by atoms with Crippen molar-refractivity contribution in [2.24, 2.45) is 11.8 Å². The second-order valence-corrected chi connectivity index (χ2v) is 4.75. The van der Waals surface area contributed by atoms with Crippen molar-refractivity contribution in [2.75, 3.05) is 0 Å². The van der Waals surface area contributed by atoms with Crippen LogP contribution in [0.2, 0.25) is 0 Å². The summed E-state index contributed by atoms with van der Waals surface area (Å²) in [6.07, 6.45) is 4.91. The predicted molar refractivity (Wildman–Crippen MR) is 58.9 cm³/mol. The normalized spacial score (nSPS) is 28.8.